The Morgan fingerprint density at radius 1 is 1.07 bits per heavy atom. The zero-order chi connectivity index (χ0) is 32.3. The maximum Gasteiger partial charge on any atom is 0.435 e. The van der Waals surface area contributed by atoms with Gasteiger partial charge in [0, 0.05) is 43.2 Å². The molecule has 1 aromatic heterocycles. The summed E-state index contributed by atoms with van der Waals surface area (Å²) in [5.74, 6) is -0.635. The lowest BCUT2D eigenvalue weighted by atomic mass is 10.0. The van der Waals surface area contributed by atoms with Crippen molar-refractivity contribution in [3.63, 3.8) is 0 Å². The maximum atomic E-state index is 13.3. The Morgan fingerprint density at radius 2 is 1.80 bits per heavy atom. The van der Waals surface area contributed by atoms with Gasteiger partial charge >= 0.3 is 24.2 Å². The number of ether oxygens (including phenoxy) is 3. The van der Waals surface area contributed by atoms with Gasteiger partial charge in [-0.25, -0.2) is 19.2 Å². The molecule has 5 rings (SSSR count). The fraction of sp³-hybridized carbons (Fsp3) is 0.485. The Morgan fingerprint density at radius 3 is 2.51 bits per heavy atom. The van der Waals surface area contributed by atoms with Gasteiger partial charge < -0.3 is 29.3 Å². The summed E-state index contributed by atoms with van der Waals surface area (Å²) in [6.07, 6.45) is 1.25. The number of esters is 1. The van der Waals surface area contributed by atoms with Crippen LogP contribution in [-0.4, -0.2) is 87.8 Å². The summed E-state index contributed by atoms with van der Waals surface area (Å²) in [5, 5.41) is 7.92. The van der Waals surface area contributed by atoms with Crippen molar-refractivity contribution in [2.45, 2.75) is 78.0 Å². The molecule has 3 amide bonds. The minimum atomic E-state index is -1.16. The molecule has 2 aliphatic rings. The number of aryl methyl sites for hydroxylation is 1. The van der Waals surface area contributed by atoms with Gasteiger partial charge in [-0.2, -0.15) is 9.78 Å². The molecule has 3 heterocycles. The highest BCUT2D eigenvalue weighted by molar-refractivity contribution is 5.92. The fourth-order valence-electron chi connectivity index (χ4n) is 5.93. The van der Waals surface area contributed by atoms with E-state index in [4.69, 9.17) is 14.2 Å². The van der Waals surface area contributed by atoms with Crippen LogP contribution in [0.3, 0.4) is 0 Å². The Hall–Kier alpha value is -4.61. The number of amides is 3. The number of carbonyl (C=O) groups excluding carboxylic acids is 4. The van der Waals surface area contributed by atoms with E-state index in [9.17, 15) is 19.2 Å². The number of rotatable bonds is 6. The van der Waals surface area contributed by atoms with Crippen LogP contribution in [0.15, 0.2) is 42.6 Å². The molecule has 240 valence electrons. The van der Waals surface area contributed by atoms with Crippen molar-refractivity contribution in [2.24, 2.45) is 0 Å². The third kappa shape index (κ3) is 7.38. The summed E-state index contributed by atoms with van der Waals surface area (Å²) in [7, 11) is 0. The van der Waals surface area contributed by atoms with E-state index in [2.05, 4.69) is 10.4 Å². The van der Waals surface area contributed by atoms with Crippen LogP contribution in [-0.2, 0) is 31.8 Å². The summed E-state index contributed by atoms with van der Waals surface area (Å²) < 4.78 is 17.7. The van der Waals surface area contributed by atoms with Gasteiger partial charge in [0.1, 0.15) is 5.60 Å². The van der Waals surface area contributed by atoms with E-state index in [0.717, 1.165) is 28.8 Å². The normalized spacial score (nSPS) is 16.4. The van der Waals surface area contributed by atoms with E-state index in [-0.39, 0.29) is 25.1 Å². The second-order valence-corrected chi connectivity index (χ2v) is 12.5. The van der Waals surface area contributed by atoms with Crippen molar-refractivity contribution >= 4 is 40.8 Å². The van der Waals surface area contributed by atoms with Crippen molar-refractivity contribution in [3.8, 4) is 0 Å². The van der Waals surface area contributed by atoms with E-state index >= 15 is 0 Å². The quantitative estimate of drug-likeness (QED) is 0.291. The van der Waals surface area contributed by atoms with Gasteiger partial charge in [-0.05, 0) is 82.7 Å². The summed E-state index contributed by atoms with van der Waals surface area (Å²) in [5.41, 5.74) is 3.34. The van der Waals surface area contributed by atoms with Gasteiger partial charge in [0.15, 0.2) is 0 Å². The first kappa shape index (κ1) is 31.8. The van der Waals surface area contributed by atoms with E-state index in [1.54, 1.807) is 38.8 Å². The summed E-state index contributed by atoms with van der Waals surface area (Å²) in [4.78, 5) is 55.3. The summed E-state index contributed by atoms with van der Waals surface area (Å²) >= 11 is 0. The number of hydrogen-bond donors (Lipinski definition) is 1. The SMILES string of the molecule is CCOC(=O)[C@@H](Cc1cc(C)c2c(cnn2C(=O)OC(C)(C)C)c1)OC(=O)N1CCC(N2CCc3ccccc3NC2=O)CC1. The second-order valence-electron chi connectivity index (χ2n) is 12.5. The van der Waals surface area contributed by atoms with Crippen LogP contribution >= 0.6 is 0 Å². The molecule has 0 unspecified atom stereocenters. The molecule has 2 aliphatic heterocycles. The van der Waals surface area contributed by atoms with Gasteiger partial charge in [0.25, 0.3) is 0 Å². The van der Waals surface area contributed by atoms with Gasteiger partial charge in [-0.3, -0.25) is 0 Å². The number of piperidine rings is 1. The van der Waals surface area contributed by atoms with Crippen LogP contribution in [0.25, 0.3) is 10.9 Å². The van der Waals surface area contributed by atoms with Crippen LogP contribution in [0.4, 0.5) is 20.1 Å². The topological polar surface area (TPSA) is 132 Å². The summed E-state index contributed by atoms with van der Waals surface area (Å²) in [6, 6.07) is 11.3. The number of nitrogens with one attached hydrogen (secondary N) is 1. The number of para-hydroxylation sites is 1. The molecular formula is C33H41N5O7. The molecule has 45 heavy (non-hydrogen) atoms. The third-order valence-corrected chi connectivity index (χ3v) is 8.00. The minimum Gasteiger partial charge on any atom is -0.463 e. The second kappa shape index (κ2) is 13.2. The highest BCUT2D eigenvalue weighted by Crippen LogP contribution is 2.26. The lowest BCUT2D eigenvalue weighted by molar-refractivity contribution is -0.153. The number of aromatic nitrogens is 2. The van der Waals surface area contributed by atoms with Crippen molar-refractivity contribution in [1.29, 1.82) is 0 Å². The van der Waals surface area contributed by atoms with Crippen LogP contribution in [0.2, 0.25) is 0 Å². The first-order valence-corrected chi connectivity index (χ1v) is 15.4. The highest BCUT2D eigenvalue weighted by Gasteiger charge is 2.34. The zero-order valence-electron chi connectivity index (χ0n) is 26.5. The molecule has 0 spiro atoms. The number of nitrogens with zero attached hydrogens (tertiary/aromatic N) is 4. The molecule has 2 aromatic carbocycles. The monoisotopic (exact) mass is 619 g/mol. The number of urea groups is 1. The predicted molar refractivity (Wildman–Crippen MR) is 167 cm³/mol. The predicted octanol–water partition coefficient (Wildman–Crippen LogP) is 5.29. The number of benzene rings is 2. The molecule has 12 heteroatoms. The molecule has 1 saturated heterocycles. The van der Waals surface area contributed by atoms with E-state index < -0.39 is 29.9 Å². The molecule has 1 fully saturated rings. The Balaban J connectivity index is 1.23. The smallest absolute Gasteiger partial charge is 0.435 e. The standard InChI is InChI=1S/C33H41N5O7/c1-6-43-29(39)27(19-22-17-21(2)28-24(18-22)20-34-38(28)32(42)45-33(3,4)5)44-31(41)36-14-12-25(13-15-36)37-16-11-23-9-7-8-10-26(23)35-30(37)40/h7-10,17-18,20,25,27H,6,11-16,19H2,1-5H3,(H,35,40)/t27-/m1/s1. The first-order valence-electron chi connectivity index (χ1n) is 15.4. The molecule has 1 atom stereocenters. The number of anilines is 1. The number of fused-ring (bicyclic) bond motifs is 2. The minimum absolute atomic E-state index is 0.0134. The lowest BCUT2D eigenvalue weighted by Gasteiger charge is -2.37. The third-order valence-electron chi connectivity index (χ3n) is 8.00. The number of likely N-dealkylation sites (tertiary alicyclic amines) is 1. The van der Waals surface area contributed by atoms with Crippen LogP contribution in [0, 0.1) is 6.92 Å². The van der Waals surface area contributed by atoms with Crippen molar-refractivity contribution < 1.29 is 33.4 Å². The zero-order valence-corrected chi connectivity index (χ0v) is 26.5. The Labute approximate surface area is 262 Å². The molecule has 1 N–H and O–H groups in total. The molecule has 0 bridgehead atoms. The molecule has 0 radical (unpaired) electrons. The lowest BCUT2D eigenvalue weighted by Crippen LogP contribution is -2.50. The average Bonchev–Trinajstić information content (AvgIpc) is 3.34. The molecule has 3 aromatic rings. The Bertz CT molecular complexity index is 1590. The molecule has 0 saturated carbocycles. The Kier molecular flexibility index (Phi) is 9.31. The fourth-order valence-corrected chi connectivity index (χ4v) is 5.93. The van der Waals surface area contributed by atoms with Crippen molar-refractivity contribution in [1.82, 2.24) is 19.6 Å². The van der Waals surface area contributed by atoms with Gasteiger partial charge in [0.05, 0.1) is 18.3 Å². The molecule has 12 nitrogen and oxygen atoms in total. The summed E-state index contributed by atoms with van der Waals surface area (Å²) in [6.45, 7) is 10.4. The van der Waals surface area contributed by atoms with Crippen LogP contribution in [0.1, 0.15) is 57.2 Å². The van der Waals surface area contributed by atoms with Crippen LogP contribution < -0.4 is 5.32 Å². The molecule has 0 aliphatic carbocycles. The largest absolute Gasteiger partial charge is 0.463 e. The van der Waals surface area contributed by atoms with E-state index in [0.29, 0.717) is 43.4 Å². The van der Waals surface area contributed by atoms with E-state index in [1.807, 2.05) is 48.2 Å². The first-order chi connectivity index (χ1) is 21.4. The molecular weight excluding hydrogens is 578 g/mol. The van der Waals surface area contributed by atoms with Gasteiger partial charge in [-0.15, -0.1) is 0 Å². The number of carbonyl (C=O) groups is 4. The van der Waals surface area contributed by atoms with Gasteiger partial charge in [0.2, 0.25) is 6.10 Å². The van der Waals surface area contributed by atoms with Crippen molar-refractivity contribution in [2.75, 3.05) is 31.6 Å². The van der Waals surface area contributed by atoms with E-state index in [1.165, 1.54) is 4.68 Å². The van der Waals surface area contributed by atoms with Crippen molar-refractivity contribution in [3.05, 3.63) is 59.3 Å². The maximum absolute atomic E-state index is 13.3. The highest BCUT2D eigenvalue weighted by atomic mass is 16.6. The average molecular weight is 620 g/mol. The number of hydrogen-bond acceptors (Lipinski definition) is 8. The van der Waals surface area contributed by atoms with Gasteiger partial charge in [-0.1, -0.05) is 24.3 Å². The van der Waals surface area contributed by atoms with Crippen LogP contribution in [0.5, 0.6) is 0 Å².